The van der Waals surface area contributed by atoms with E-state index in [0.29, 0.717) is 33.4 Å². The van der Waals surface area contributed by atoms with Gasteiger partial charge in [-0.25, -0.2) is 4.90 Å². The monoisotopic (exact) mass is 629 g/mol. The number of hydrogen-bond donors (Lipinski definition) is 2. The third-order valence-corrected chi connectivity index (χ3v) is 7.84. The summed E-state index contributed by atoms with van der Waals surface area (Å²) in [5.74, 6) is -0.493. The van der Waals surface area contributed by atoms with Gasteiger partial charge in [0.1, 0.15) is 17.2 Å². The maximum absolute atomic E-state index is 13.3. The molecule has 0 saturated carbocycles. The van der Waals surface area contributed by atoms with Crippen LogP contribution in [0.25, 0.3) is 6.08 Å². The van der Waals surface area contributed by atoms with Crippen LogP contribution in [0.2, 0.25) is 0 Å². The summed E-state index contributed by atoms with van der Waals surface area (Å²) in [7, 11) is 0. The van der Waals surface area contributed by atoms with Crippen LogP contribution in [0.4, 0.5) is 11.4 Å². The van der Waals surface area contributed by atoms with Gasteiger partial charge in [0.25, 0.3) is 11.8 Å². The number of furan rings is 1. The average molecular weight is 631 g/mol. The van der Waals surface area contributed by atoms with Crippen LogP contribution in [0.5, 0.6) is 0 Å². The van der Waals surface area contributed by atoms with Gasteiger partial charge in [-0.2, -0.15) is 0 Å². The Labute approximate surface area is 248 Å². The first-order valence-electron chi connectivity index (χ1n) is 12.6. The van der Waals surface area contributed by atoms with Gasteiger partial charge in [-0.05, 0) is 73.7 Å². The van der Waals surface area contributed by atoms with E-state index in [0.717, 1.165) is 4.47 Å². The number of thioether (sulfide) groups is 1. The summed E-state index contributed by atoms with van der Waals surface area (Å²) in [6, 6.07) is 26.0. The third kappa shape index (κ3) is 6.85. The van der Waals surface area contributed by atoms with Gasteiger partial charge < -0.3 is 15.1 Å². The van der Waals surface area contributed by atoms with Gasteiger partial charge >= 0.3 is 0 Å². The minimum atomic E-state index is -0.597. The summed E-state index contributed by atoms with van der Waals surface area (Å²) in [6.07, 6.45) is 1.53. The van der Waals surface area contributed by atoms with Crippen LogP contribution in [0.1, 0.15) is 28.3 Å². The third-order valence-electron chi connectivity index (χ3n) is 6.14. The van der Waals surface area contributed by atoms with E-state index < -0.39 is 17.1 Å². The standard InChI is InChI=1S/C31H24BrN3O5S/c1-19-10-15-24(40-19)17-26(34-29(37)20-6-3-2-4-7-20)30(38)33-22-8-5-9-25(16-22)41-27-18-28(36)35(31(27)39)23-13-11-21(32)12-14-23/h2-17,27H,18H2,1H3,(H,33,38)(H,34,37)/b26-17+/t27-/m1/s1. The van der Waals surface area contributed by atoms with Crippen LogP contribution in [0, 0.1) is 6.92 Å². The number of aryl methyl sites for hydroxylation is 1. The molecule has 0 bridgehead atoms. The number of rotatable bonds is 8. The zero-order valence-corrected chi connectivity index (χ0v) is 24.2. The predicted octanol–water partition coefficient (Wildman–Crippen LogP) is 6.18. The summed E-state index contributed by atoms with van der Waals surface area (Å²) < 4.78 is 6.43. The molecule has 1 atom stereocenters. The number of anilines is 2. The van der Waals surface area contributed by atoms with Crippen LogP contribution in [0.15, 0.2) is 110 Å². The molecule has 10 heteroatoms. The number of imide groups is 1. The van der Waals surface area contributed by atoms with E-state index in [1.807, 2.05) is 0 Å². The summed E-state index contributed by atoms with van der Waals surface area (Å²) in [6.45, 7) is 1.78. The van der Waals surface area contributed by atoms with E-state index in [4.69, 9.17) is 4.42 Å². The molecule has 0 unspecified atom stereocenters. The number of nitrogens with zero attached hydrogens (tertiary/aromatic N) is 1. The largest absolute Gasteiger partial charge is 0.462 e. The molecule has 0 spiro atoms. The normalized spacial score (nSPS) is 15.2. The van der Waals surface area contributed by atoms with Crippen molar-refractivity contribution in [2.24, 2.45) is 0 Å². The molecule has 4 amide bonds. The summed E-state index contributed by atoms with van der Waals surface area (Å²) in [5, 5.41) is 4.88. The maximum Gasteiger partial charge on any atom is 0.272 e. The first-order valence-corrected chi connectivity index (χ1v) is 14.3. The van der Waals surface area contributed by atoms with E-state index in [-0.39, 0.29) is 23.9 Å². The second kappa shape index (κ2) is 12.4. The number of carbonyl (C=O) groups excluding carboxylic acids is 4. The van der Waals surface area contributed by atoms with Gasteiger partial charge in [0.2, 0.25) is 11.8 Å². The van der Waals surface area contributed by atoms with Crippen molar-refractivity contribution in [3.8, 4) is 0 Å². The van der Waals surface area contributed by atoms with Crippen molar-refractivity contribution in [3.63, 3.8) is 0 Å². The molecule has 0 radical (unpaired) electrons. The Bertz CT molecular complexity index is 1650. The van der Waals surface area contributed by atoms with E-state index in [1.165, 1.54) is 22.7 Å². The summed E-state index contributed by atoms with van der Waals surface area (Å²) in [5.41, 5.74) is 1.37. The predicted molar refractivity (Wildman–Crippen MR) is 161 cm³/mol. The molecule has 1 aliphatic heterocycles. The highest BCUT2D eigenvalue weighted by atomic mass is 79.9. The summed E-state index contributed by atoms with van der Waals surface area (Å²) in [4.78, 5) is 53.8. The second-order valence-electron chi connectivity index (χ2n) is 9.16. The van der Waals surface area contributed by atoms with Crippen molar-refractivity contribution in [2.45, 2.75) is 23.5 Å². The molecule has 206 valence electrons. The summed E-state index contributed by atoms with van der Waals surface area (Å²) >= 11 is 4.62. The Morgan fingerprint density at radius 3 is 2.44 bits per heavy atom. The van der Waals surface area contributed by atoms with Crippen LogP contribution < -0.4 is 15.5 Å². The molecule has 0 aliphatic carbocycles. The lowest BCUT2D eigenvalue weighted by molar-refractivity contribution is -0.121. The van der Waals surface area contributed by atoms with E-state index >= 15 is 0 Å². The number of halogens is 1. The molecule has 8 nitrogen and oxygen atoms in total. The Kier molecular flexibility index (Phi) is 8.51. The molecule has 41 heavy (non-hydrogen) atoms. The van der Waals surface area contributed by atoms with Crippen molar-refractivity contribution in [3.05, 3.63) is 118 Å². The van der Waals surface area contributed by atoms with Gasteiger partial charge in [-0.15, -0.1) is 11.8 Å². The number of amides is 4. The fourth-order valence-corrected chi connectivity index (χ4v) is 5.56. The molecule has 1 fully saturated rings. The highest BCUT2D eigenvalue weighted by molar-refractivity contribution is 9.10. The van der Waals surface area contributed by atoms with Crippen molar-refractivity contribution >= 4 is 68.8 Å². The highest BCUT2D eigenvalue weighted by Crippen LogP contribution is 2.35. The molecule has 5 rings (SSSR count). The molecule has 2 N–H and O–H groups in total. The Morgan fingerprint density at radius 1 is 0.976 bits per heavy atom. The van der Waals surface area contributed by atoms with Crippen LogP contribution in [-0.2, 0) is 14.4 Å². The van der Waals surface area contributed by atoms with Gasteiger partial charge in [0.05, 0.1) is 10.9 Å². The number of hydrogen-bond acceptors (Lipinski definition) is 6. The topological polar surface area (TPSA) is 109 Å². The SMILES string of the molecule is Cc1ccc(/C=C(/NC(=O)c2ccccc2)C(=O)Nc2cccc(S[C@@H]3CC(=O)N(c4ccc(Br)cc4)C3=O)c2)o1. The molecule has 2 heterocycles. The van der Waals surface area contributed by atoms with Crippen molar-refractivity contribution in [1.82, 2.24) is 5.32 Å². The molecule has 1 aromatic heterocycles. The minimum Gasteiger partial charge on any atom is -0.462 e. The van der Waals surface area contributed by atoms with Crippen LogP contribution in [-0.4, -0.2) is 28.9 Å². The highest BCUT2D eigenvalue weighted by Gasteiger charge is 2.40. The van der Waals surface area contributed by atoms with E-state index in [2.05, 4.69) is 26.6 Å². The molecule has 1 saturated heterocycles. The van der Waals surface area contributed by atoms with Gasteiger partial charge in [-0.1, -0.05) is 40.2 Å². The molecule has 4 aromatic rings. The molecular weight excluding hydrogens is 606 g/mol. The van der Waals surface area contributed by atoms with E-state index in [1.54, 1.807) is 97.9 Å². The zero-order chi connectivity index (χ0) is 28.9. The fourth-order valence-electron chi connectivity index (χ4n) is 4.18. The van der Waals surface area contributed by atoms with Crippen molar-refractivity contribution in [2.75, 3.05) is 10.2 Å². The molecule has 3 aromatic carbocycles. The van der Waals surface area contributed by atoms with Gasteiger partial charge in [0, 0.05) is 33.1 Å². The van der Waals surface area contributed by atoms with E-state index in [9.17, 15) is 19.2 Å². The lowest BCUT2D eigenvalue weighted by atomic mass is 10.2. The first-order chi connectivity index (χ1) is 19.8. The lowest BCUT2D eigenvalue weighted by Gasteiger charge is -2.15. The second-order valence-corrected chi connectivity index (χ2v) is 11.4. The van der Waals surface area contributed by atoms with Gasteiger partial charge in [-0.3, -0.25) is 19.2 Å². The molecule has 1 aliphatic rings. The minimum absolute atomic E-state index is 0.00651. The Morgan fingerprint density at radius 2 is 1.73 bits per heavy atom. The first kappa shape index (κ1) is 28.1. The quantitative estimate of drug-likeness (QED) is 0.178. The maximum atomic E-state index is 13.3. The Balaban J connectivity index is 1.31. The number of nitrogens with one attached hydrogen (secondary N) is 2. The average Bonchev–Trinajstić information content (AvgIpc) is 3.50. The number of benzene rings is 3. The smallest absolute Gasteiger partial charge is 0.272 e. The fraction of sp³-hybridized carbons (Fsp3) is 0.0968. The van der Waals surface area contributed by atoms with Crippen molar-refractivity contribution in [1.29, 1.82) is 0 Å². The van der Waals surface area contributed by atoms with Crippen molar-refractivity contribution < 1.29 is 23.6 Å². The van der Waals surface area contributed by atoms with Crippen LogP contribution in [0.3, 0.4) is 0 Å². The van der Waals surface area contributed by atoms with Gasteiger partial charge in [0.15, 0.2) is 0 Å². The lowest BCUT2D eigenvalue weighted by Crippen LogP contribution is -2.31. The molecular formula is C31H24BrN3O5S. The Hall–Kier alpha value is -4.41. The number of carbonyl (C=O) groups is 4. The zero-order valence-electron chi connectivity index (χ0n) is 21.8. The van der Waals surface area contributed by atoms with Crippen LogP contribution >= 0.6 is 27.7 Å².